The third-order valence-electron chi connectivity index (χ3n) is 3.59. The van der Waals surface area contributed by atoms with E-state index in [4.69, 9.17) is 11.6 Å². The number of halogens is 1. The Kier molecular flexibility index (Phi) is 4.18. The summed E-state index contributed by atoms with van der Waals surface area (Å²) in [4.78, 5) is 9.19. The van der Waals surface area contributed by atoms with Crippen molar-refractivity contribution < 1.29 is 0 Å². The number of rotatable bonds is 4. The van der Waals surface area contributed by atoms with E-state index in [9.17, 15) is 0 Å². The summed E-state index contributed by atoms with van der Waals surface area (Å²) in [6.45, 7) is 6.06. The van der Waals surface area contributed by atoms with Crippen LogP contribution in [0.3, 0.4) is 0 Å². The van der Waals surface area contributed by atoms with Crippen LogP contribution in [0.15, 0.2) is 36.8 Å². The SMILES string of the molecule is Clc1cnn(CCN2CCN(c3ccccn3)CC2)c1. The number of piperazine rings is 1. The topological polar surface area (TPSA) is 37.2 Å². The molecule has 0 radical (unpaired) electrons. The maximum absolute atomic E-state index is 5.86. The van der Waals surface area contributed by atoms with Gasteiger partial charge < -0.3 is 4.90 Å². The van der Waals surface area contributed by atoms with Crippen molar-refractivity contribution in [1.82, 2.24) is 19.7 Å². The van der Waals surface area contributed by atoms with Crippen molar-refractivity contribution in [3.8, 4) is 0 Å². The van der Waals surface area contributed by atoms with Crippen LogP contribution in [0.4, 0.5) is 5.82 Å². The molecule has 3 rings (SSSR count). The van der Waals surface area contributed by atoms with Gasteiger partial charge in [-0.25, -0.2) is 4.98 Å². The quantitative estimate of drug-likeness (QED) is 0.860. The Morgan fingerprint density at radius 1 is 1.10 bits per heavy atom. The van der Waals surface area contributed by atoms with Crippen molar-refractivity contribution in [2.75, 3.05) is 37.6 Å². The molecule has 2 aromatic rings. The van der Waals surface area contributed by atoms with E-state index in [2.05, 4.69) is 25.9 Å². The first-order valence-corrected chi connectivity index (χ1v) is 7.25. The van der Waals surface area contributed by atoms with Gasteiger partial charge in [-0.1, -0.05) is 17.7 Å². The molecule has 0 spiro atoms. The minimum absolute atomic E-state index is 0.699. The summed E-state index contributed by atoms with van der Waals surface area (Å²) < 4.78 is 1.90. The smallest absolute Gasteiger partial charge is 0.128 e. The second kappa shape index (κ2) is 6.24. The summed E-state index contributed by atoms with van der Waals surface area (Å²) >= 11 is 5.86. The molecule has 1 aliphatic rings. The van der Waals surface area contributed by atoms with E-state index in [1.54, 1.807) is 6.20 Å². The van der Waals surface area contributed by atoms with Crippen LogP contribution in [0.1, 0.15) is 0 Å². The highest BCUT2D eigenvalue weighted by Crippen LogP contribution is 2.12. The minimum Gasteiger partial charge on any atom is -0.354 e. The first kappa shape index (κ1) is 13.4. The van der Waals surface area contributed by atoms with Gasteiger partial charge in [0.1, 0.15) is 5.82 Å². The Hall–Kier alpha value is -1.59. The van der Waals surface area contributed by atoms with Gasteiger partial charge in [0.05, 0.1) is 17.8 Å². The van der Waals surface area contributed by atoms with E-state index in [0.29, 0.717) is 5.02 Å². The number of anilines is 1. The summed E-state index contributed by atoms with van der Waals surface area (Å²) in [6, 6.07) is 6.06. The Bertz CT molecular complexity index is 534. The summed E-state index contributed by atoms with van der Waals surface area (Å²) in [5, 5.41) is 4.90. The second-order valence-corrected chi connectivity index (χ2v) is 5.37. The van der Waals surface area contributed by atoms with Crippen molar-refractivity contribution in [1.29, 1.82) is 0 Å². The molecule has 6 heteroatoms. The van der Waals surface area contributed by atoms with Crippen molar-refractivity contribution in [3.05, 3.63) is 41.8 Å². The predicted octanol–water partition coefficient (Wildman–Crippen LogP) is 1.75. The zero-order valence-corrected chi connectivity index (χ0v) is 12.1. The highest BCUT2D eigenvalue weighted by molar-refractivity contribution is 6.30. The lowest BCUT2D eigenvalue weighted by atomic mass is 10.3. The molecule has 2 aromatic heterocycles. The van der Waals surface area contributed by atoms with Crippen molar-refractivity contribution in [2.45, 2.75) is 6.54 Å². The van der Waals surface area contributed by atoms with E-state index in [1.165, 1.54) is 0 Å². The standard InChI is InChI=1S/C14H18ClN5/c15-13-11-17-20(12-13)10-7-18-5-8-19(9-6-18)14-3-1-2-4-16-14/h1-4,11-12H,5-10H2. The molecule has 1 aliphatic heterocycles. The van der Waals surface area contributed by atoms with Gasteiger partial charge in [0, 0.05) is 45.1 Å². The summed E-state index contributed by atoms with van der Waals surface area (Å²) in [5.74, 6) is 1.08. The van der Waals surface area contributed by atoms with Gasteiger partial charge in [0.2, 0.25) is 0 Å². The first-order valence-electron chi connectivity index (χ1n) is 6.87. The van der Waals surface area contributed by atoms with Gasteiger partial charge in [0.15, 0.2) is 0 Å². The van der Waals surface area contributed by atoms with E-state index in [1.807, 2.05) is 29.2 Å². The molecule has 0 saturated carbocycles. The van der Waals surface area contributed by atoms with Crippen LogP contribution in [0, 0.1) is 0 Å². The molecular weight excluding hydrogens is 274 g/mol. The molecule has 3 heterocycles. The molecule has 106 valence electrons. The largest absolute Gasteiger partial charge is 0.354 e. The Morgan fingerprint density at radius 2 is 1.95 bits per heavy atom. The van der Waals surface area contributed by atoms with Gasteiger partial charge in [-0.2, -0.15) is 5.10 Å². The van der Waals surface area contributed by atoms with Gasteiger partial charge >= 0.3 is 0 Å². The molecule has 0 unspecified atom stereocenters. The molecule has 1 saturated heterocycles. The molecule has 0 atom stereocenters. The van der Waals surface area contributed by atoms with E-state index in [-0.39, 0.29) is 0 Å². The molecule has 0 N–H and O–H groups in total. The van der Waals surface area contributed by atoms with Crippen LogP contribution in [0.2, 0.25) is 5.02 Å². The number of hydrogen-bond acceptors (Lipinski definition) is 4. The third kappa shape index (κ3) is 3.29. The van der Waals surface area contributed by atoms with Gasteiger partial charge in [-0.05, 0) is 12.1 Å². The molecule has 0 amide bonds. The number of pyridine rings is 1. The zero-order chi connectivity index (χ0) is 13.8. The summed E-state index contributed by atoms with van der Waals surface area (Å²) in [5.41, 5.74) is 0. The van der Waals surface area contributed by atoms with E-state index < -0.39 is 0 Å². The van der Waals surface area contributed by atoms with Crippen molar-refractivity contribution in [3.63, 3.8) is 0 Å². The lowest BCUT2D eigenvalue weighted by Crippen LogP contribution is -2.47. The van der Waals surface area contributed by atoms with E-state index in [0.717, 1.165) is 45.1 Å². The Labute approximate surface area is 123 Å². The molecule has 5 nitrogen and oxygen atoms in total. The van der Waals surface area contributed by atoms with Crippen LogP contribution in [-0.2, 0) is 6.54 Å². The average molecular weight is 292 g/mol. The zero-order valence-electron chi connectivity index (χ0n) is 11.3. The normalized spacial score (nSPS) is 16.6. The maximum atomic E-state index is 5.86. The van der Waals surface area contributed by atoms with E-state index >= 15 is 0 Å². The van der Waals surface area contributed by atoms with Crippen LogP contribution in [0.5, 0.6) is 0 Å². The molecular formula is C14H18ClN5. The minimum atomic E-state index is 0.699. The lowest BCUT2D eigenvalue weighted by Gasteiger charge is -2.35. The van der Waals surface area contributed by atoms with Crippen molar-refractivity contribution in [2.24, 2.45) is 0 Å². The van der Waals surface area contributed by atoms with Crippen molar-refractivity contribution >= 4 is 17.4 Å². The highest BCUT2D eigenvalue weighted by Gasteiger charge is 2.17. The van der Waals surface area contributed by atoms with Crippen LogP contribution in [0.25, 0.3) is 0 Å². The number of nitrogens with zero attached hydrogens (tertiary/aromatic N) is 5. The molecule has 1 fully saturated rings. The molecule has 0 aliphatic carbocycles. The summed E-state index contributed by atoms with van der Waals surface area (Å²) in [7, 11) is 0. The molecule has 0 aromatic carbocycles. The van der Waals surface area contributed by atoms with Gasteiger partial charge in [0.25, 0.3) is 0 Å². The van der Waals surface area contributed by atoms with Crippen LogP contribution in [-0.4, -0.2) is 52.4 Å². The fourth-order valence-corrected chi connectivity index (χ4v) is 2.60. The van der Waals surface area contributed by atoms with Crippen LogP contribution >= 0.6 is 11.6 Å². The lowest BCUT2D eigenvalue weighted by molar-refractivity contribution is 0.244. The molecule has 20 heavy (non-hydrogen) atoms. The Balaban J connectivity index is 1.47. The number of hydrogen-bond donors (Lipinski definition) is 0. The monoisotopic (exact) mass is 291 g/mol. The fraction of sp³-hybridized carbons (Fsp3) is 0.429. The number of aromatic nitrogens is 3. The molecule has 0 bridgehead atoms. The highest BCUT2D eigenvalue weighted by atomic mass is 35.5. The predicted molar refractivity (Wildman–Crippen MR) is 80.1 cm³/mol. The van der Waals surface area contributed by atoms with Gasteiger partial charge in [-0.3, -0.25) is 9.58 Å². The fourth-order valence-electron chi connectivity index (χ4n) is 2.45. The summed E-state index contributed by atoms with van der Waals surface area (Å²) in [6.07, 6.45) is 5.40. The van der Waals surface area contributed by atoms with Crippen LogP contribution < -0.4 is 4.90 Å². The average Bonchev–Trinajstić information content (AvgIpc) is 2.92. The van der Waals surface area contributed by atoms with Gasteiger partial charge in [-0.15, -0.1) is 0 Å². The maximum Gasteiger partial charge on any atom is 0.128 e. The third-order valence-corrected chi connectivity index (χ3v) is 3.79. The first-order chi connectivity index (χ1) is 9.81. The second-order valence-electron chi connectivity index (χ2n) is 4.94. The Morgan fingerprint density at radius 3 is 2.60 bits per heavy atom.